The minimum atomic E-state index is 0.691. The van der Waals surface area contributed by atoms with E-state index in [1.807, 2.05) is 0 Å². The molecule has 1 heteroatoms. The second kappa shape index (κ2) is 3.95. The molecule has 0 spiro atoms. The largest absolute Gasteiger partial charge is 0.0922 e. The molecule has 0 amide bonds. The van der Waals surface area contributed by atoms with Gasteiger partial charge in [-0.15, -0.1) is 0 Å². The Kier molecular flexibility index (Phi) is 3.39. The molecule has 1 saturated carbocycles. The first-order chi connectivity index (χ1) is 5.59. The molecule has 12 heavy (non-hydrogen) atoms. The molecule has 0 aliphatic heterocycles. The van der Waals surface area contributed by atoms with Crippen molar-refractivity contribution in [2.24, 2.45) is 5.41 Å². The van der Waals surface area contributed by atoms with E-state index in [0.29, 0.717) is 5.41 Å². The van der Waals surface area contributed by atoms with Gasteiger partial charge in [-0.2, -0.15) is 0 Å². The molecule has 1 aliphatic carbocycles. The average Bonchev–Trinajstić information content (AvgIpc) is 2.81. The van der Waals surface area contributed by atoms with Crippen molar-refractivity contribution >= 4 is 15.9 Å². The van der Waals surface area contributed by atoms with Gasteiger partial charge in [-0.3, -0.25) is 0 Å². The van der Waals surface area contributed by atoms with Gasteiger partial charge in [0.1, 0.15) is 0 Å². The zero-order valence-electron chi connectivity index (χ0n) is 8.41. The van der Waals surface area contributed by atoms with E-state index in [-0.39, 0.29) is 0 Å². The van der Waals surface area contributed by atoms with Gasteiger partial charge < -0.3 is 0 Å². The van der Waals surface area contributed by atoms with Crippen molar-refractivity contribution in [1.82, 2.24) is 0 Å². The van der Waals surface area contributed by atoms with Crippen LogP contribution in [-0.2, 0) is 0 Å². The van der Waals surface area contributed by atoms with Crippen molar-refractivity contribution < 1.29 is 0 Å². The molecule has 1 aliphatic rings. The Bertz CT molecular complexity index is 183. The van der Waals surface area contributed by atoms with Crippen LogP contribution in [-0.4, -0.2) is 5.33 Å². The molecule has 1 fully saturated rings. The molecule has 0 aromatic carbocycles. The molecule has 0 unspecified atom stereocenters. The Labute approximate surface area is 84.6 Å². The molecule has 0 heterocycles. The van der Waals surface area contributed by atoms with E-state index in [2.05, 4.69) is 36.7 Å². The molecule has 0 N–H and O–H groups in total. The summed E-state index contributed by atoms with van der Waals surface area (Å²) >= 11 is 3.60. The Morgan fingerprint density at radius 2 is 1.83 bits per heavy atom. The lowest BCUT2D eigenvalue weighted by atomic mass is 9.98. The number of halogens is 1. The zero-order valence-corrected chi connectivity index (χ0v) is 10.00. The number of alkyl halides is 1. The molecule has 0 saturated heterocycles. The first-order valence-corrected chi connectivity index (χ1v) is 5.91. The van der Waals surface area contributed by atoms with Crippen LogP contribution in [0.4, 0.5) is 0 Å². The summed E-state index contributed by atoms with van der Waals surface area (Å²) in [5.41, 5.74) is 3.78. The third-order valence-electron chi connectivity index (χ3n) is 3.12. The van der Waals surface area contributed by atoms with E-state index < -0.39 is 0 Å². The molecular formula is C11H19Br. The lowest BCUT2D eigenvalue weighted by Gasteiger charge is -2.11. The summed E-state index contributed by atoms with van der Waals surface area (Å²) in [7, 11) is 0. The Morgan fingerprint density at radius 1 is 1.25 bits per heavy atom. The highest BCUT2D eigenvalue weighted by Gasteiger charge is 2.40. The molecule has 1 rings (SSSR count). The summed E-state index contributed by atoms with van der Waals surface area (Å²) in [4.78, 5) is 0. The maximum Gasteiger partial charge on any atom is 0.00880 e. The molecular weight excluding hydrogens is 212 g/mol. The monoisotopic (exact) mass is 230 g/mol. The first kappa shape index (κ1) is 10.3. The van der Waals surface area contributed by atoms with Gasteiger partial charge in [-0.1, -0.05) is 27.1 Å². The Hall–Kier alpha value is 0.220. The van der Waals surface area contributed by atoms with Gasteiger partial charge in [-0.05, 0) is 51.9 Å². The van der Waals surface area contributed by atoms with Crippen molar-refractivity contribution in [2.75, 3.05) is 5.33 Å². The first-order valence-electron chi connectivity index (χ1n) is 4.79. The summed E-state index contributed by atoms with van der Waals surface area (Å²) in [6, 6.07) is 0. The van der Waals surface area contributed by atoms with Crippen LogP contribution >= 0.6 is 15.9 Å². The summed E-state index contributed by atoms with van der Waals surface area (Å²) < 4.78 is 0. The average molecular weight is 231 g/mol. The van der Waals surface area contributed by atoms with E-state index in [4.69, 9.17) is 0 Å². The van der Waals surface area contributed by atoms with E-state index in [0.717, 1.165) is 0 Å². The number of allylic oxidation sites excluding steroid dienone is 2. The Balaban J connectivity index is 2.31. The molecule has 0 bridgehead atoms. The second-order valence-electron chi connectivity index (χ2n) is 4.41. The van der Waals surface area contributed by atoms with Gasteiger partial charge >= 0.3 is 0 Å². The summed E-state index contributed by atoms with van der Waals surface area (Å²) in [5, 5.41) is 1.20. The van der Waals surface area contributed by atoms with Crippen LogP contribution in [0.25, 0.3) is 0 Å². The fraction of sp³-hybridized carbons (Fsp3) is 0.818. The maximum absolute atomic E-state index is 3.60. The van der Waals surface area contributed by atoms with E-state index in [9.17, 15) is 0 Å². The molecule has 0 radical (unpaired) electrons. The third-order valence-corrected chi connectivity index (χ3v) is 4.31. The van der Waals surface area contributed by atoms with Gasteiger partial charge in [0.05, 0.1) is 0 Å². The minimum Gasteiger partial charge on any atom is -0.0922 e. The van der Waals surface area contributed by atoms with Crippen molar-refractivity contribution in [1.29, 1.82) is 0 Å². The lowest BCUT2D eigenvalue weighted by Crippen LogP contribution is -2.01. The fourth-order valence-corrected chi connectivity index (χ4v) is 2.17. The van der Waals surface area contributed by atoms with Crippen LogP contribution < -0.4 is 0 Å². The topological polar surface area (TPSA) is 0 Å². The normalized spacial score (nSPS) is 19.0. The van der Waals surface area contributed by atoms with Crippen LogP contribution in [0.2, 0.25) is 0 Å². The maximum atomic E-state index is 3.60. The van der Waals surface area contributed by atoms with Crippen LogP contribution in [0.1, 0.15) is 46.5 Å². The highest BCUT2D eigenvalue weighted by atomic mass is 79.9. The van der Waals surface area contributed by atoms with E-state index in [1.165, 1.54) is 36.6 Å². The second-order valence-corrected chi connectivity index (χ2v) is 4.97. The van der Waals surface area contributed by atoms with Gasteiger partial charge in [-0.25, -0.2) is 0 Å². The highest BCUT2D eigenvalue weighted by molar-refractivity contribution is 9.09. The number of hydrogen-bond acceptors (Lipinski definition) is 0. The SMILES string of the molecule is CC(C)=C(C)CCC1(CBr)CC1. The molecule has 0 atom stereocenters. The molecule has 0 nitrogen and oxygen atoms in total. The quantitative estimate of drug-likeness (QED) is 0.500. The molecule has 0 aromatic heterocycles. The van der Waals surface area contributed by atoms with Gasteiger partial charge in [0, 0.05) is 5.33 Å². The van der Waals surface area contributed by atoms with Gasteiger partial charge in [0.25, 0.3) is 0 Å². The summed E-state index contributed by atoms with van der Waals surface area (Å²) in [6.45, 7) is 6.69. The van der Waals surface area contributed by atoms with Crippen LogP contribution in [0.3, 0.4) is 0 Å². The Morgan fingerprint density at radius 3 is 2.17 bits per heavy atom. The molecule has 70 valence electrons. The lowest BCUT2D eigenvalue weighted by molar-refractivity contribution is 0.529. The smallest absolute Gasteiger partial charge is 0.00880 e. The predicted molar refractivity (Wildman–Crippen MR) is 58.7 cm³/mol. The number of hydrogen-bond donors (Lipinski definition) is 0. The van der Waals surface area contributed by atoms with E-state index >= 15 is 0 Å². The fourth-order valence-electron chi connectivity index (χ4n) is 1.33. The van der Waals surface area contributed by atoms with Crippen molar-refractivity contribution in [3.63, 3.8) is 0 Å². The van der Waals surface area contributed by atoms with Crippen molar-refractivity contribution in [3.8, 4) is 0 Å². The zero-order chi connectivity index (χ0) is 9.19. The summed E-state index contributed by atoms with van der Waals surface area (Å²) in [5.74, 6) is 0. The van der Waals surface area contributed by atoms with Gasteiger partial charge in [0.2, 0.25) is 0 Å². The minimum absolute atomic E-state index is 0.691. The number of rotatable bonds is 4. The van der Waals surface area contributed by atoms with Crippen LogP contribution in [0, 0.1) is 5.41 Å². The van der Waals surface area contributed by atoms with E-state index in [1.54, 1.807) is 5.57 Å². The predicted octanol–water partition coefficient (Wildman–Crippen LogP) is 4.30. The summed E-state index contributed by atoms with van der Waals surface area (Å²) in [6.07, 6.45) is 5.56. The van der Waals surface area contributed by atoms with Crippen LogP contribution in [0.15, 0.2) is 11.1 Å². The van der Waals surface area contributed by atoms with Crippen molar-refractivity contribution in [2.45, 2.75) is 46.5 Å². The van der Waals surface area contributed by atoms with Gasteiger partial charge in [0.15, 0.2) is 0 Å². The third kappa shape index (κ3) is 2.62. The highest BCUT2D eigenvalue weighted by Crippen LogP contribution is 2.51. The van der Waals surface area contributed by atoms with Crippen LogP contribution in [0.5, 0.6) is 0 Å². The molecule has 0 aromatic rings. The standard InChI is InChI=1S/C11H19Br/c1-9(2)10(3)4-5-11(8-12)6-7-11/h4-8H2,1-3H3. The van der Waals surface area contributed by atoms with Crippen molar-refractivity contribution in [3.05, 3.63) is 11.1 Å².